The number of likely N-dealkylation sites (tertiary alicyclic amines) is 1. The number of allylic oxidation sites excluding steroid dienone is 1. The van der Waals surface area contributed by atoms with Crippen molar-refractivity contribution in [2.45, 2.75) is 58.6 Å². The molecule has 1 saturated heterocycles. The van der Waals surface area contributed by atoms with Gasteiger partial charge in [-0.15, -0.1) is 0 Å². The van der Waals surface area contributed by atoms with E-state index in [1.165, 1.54) is 0 Å². The van der Waals surface area contributed by atoms with Gasteiger partial charge in [-0.05, 0) is 40.0 Å². The van der Waals surface area contributed by atoms with Gasteiger partial charge in [0.15, 0.2) is 0 Å². The van der Waals surface area contributed by atoms with E-state index >= 15 is 0 Å². The zero-order chi connectivity index (χ0) is 15.3. The van der Waals surface area contributed by atoms with E-state index in [4.69, 9.17) is 10.5 Å². The summed E-state index contributed by atoms with van der Waals surface area (Å²) in [7, 11) is 2.00. The number of likely N-dealkylation sites (N-methyl/N-ethyl adjacent to an activating group) is 1. The highest BCUT2D eigenvalue weighted by atomic mass is 16.6. The van der Waals surface area contributed by atoms with Crippen LogP contribution in [0.1, 0.15) is 47.0 Å². The van der Waals surface area contributed by atoms with Gasteiger partial charge in [0.2, 0.25) is 0 Å². The predicted octanol–water partition coefficient (Wildman–Crippen LogP) is 2.53. The highest BCUT2D eigenvalue weighted by Crippen LogP contribution is 2.23. The average Bonchev–Trinajstić information content (AvgIpc) is 2.85. The quantitative estimate of drug-likeness (QED) is 0.842. The second-order valence-electron chi connectivity index (χ2n) is 6.16. The third kappa shape index (κ3) is 4.32. The number of carbonyl (C=O) groups excluding carboxylic acids is 1. The van der Waals surface area contributed by atoms with Crippen LogP contribution in [0.4, 0.5) is 4.79 Å². The summed E-state index contributed by atoms with van der Waals surface area (Å²) >= 11 is 0. The van der Waals surface area contributed by atoms with Crippen molar-refractivity contribution < 1.29 is 9.53 Å². The molecule has 5 nitrogen and oxygen atoms in total. The molecule has 1 amide bonds. The van der Waals surface area contributed by atoms with Crippen molar-refractivity contribution in [3.63, 3.8) is 0 Å². The first-order valence-electron chi connectivity index (χ1n) is 7.40. The monoisotopic (exact) mass is 283 g/mol. The van der Waals surface area contributed by atoms with Crippen LogP contribution in [0.2, 0.25) is 0 Å². The number of amides is 1. The van der Waals surface area contributed by atoms with Crippen LogP contribution < -0.4 is 5.73 Å². The molecule has 0 bridgehead atoms. The van der Waals surface area contributed by atoms with E-state index in [0.29, 0.717) is 0 Å². The van der Waals surface area contributed by atoms with Crippen molar-refractivity contribution in [1.82, 2.24) is 9.80 Å². The fraction of sp³-hybridized carbons (Fsp3) is 0.800. The van der Waals surface area contributed by atoms with Crippen LogP contribution >= 0.6 is 0 Å². The van der Waals surface area contributed by atoms with Gasteiger partial charge >= 0.3 is 6.09 Å². The normalized spacial score (nSPS) is 20.1. The van der Waals surface area contributed by atoms with Gasteiger partial charge in [0.1, 0.15) is 5.60 Å². The molecule has 0 aromatic carbocycles. The summed E-state index contributed by atoms with van der Waals surface area (Å²) in [5.74, 6) is 0. The fourth-order valence-electron chi connectivity index (χ4n) is 2.22. The van der Waals surface area contributed by atoms with Gasteiger partial charge in [-0.3, -0.25) is 0 Å². The molecule has 1 fully saturated rings. The maximum Gasteiger partial charge on any atom is 0.410 e. The van der Waals surface area contributed by atoms with Crippen LogP contribution in [0.15, 0.2) is 11.9 Å². The number of ether oxygens (including phenoxy) is 1. The molecule has 1 aliphatic rings. The molecule has 0 spiro atoms. The summed E-state index contributed by atoms with van der Waals surface area (Å²) in [5.41, 5.74) is 6.15. The van der Waals surface area contributed by atoms with Crippen molar-refractivity contribution in [2.75, 3.05) is 20.1 Å². The van der Waals surface area contributed by atoms with E-state index in [2.05, 4.69) is 4.90 Å². The first-order valence-corrected chi connectivity index (χ1v) is 7.40. The second kappa shape index (κ2) is 6.86. The summed E-state index contributed by atoms with van der Waals surface area (Å²) in [4.78, 5) is 16.2. The van der Waals surface area contributed by atoms with Crippen molar-refractivity contribution in [3.8, 4) is 0 Å². The predicted molar refractivity (Wildman–Crippen MR) is 81.2 cm³/mol. The summed E-state index contributed by atoms with van der Waals surface area (Å²) in [6, 6.07) is 0.204. The minimum absolute atomic E-state index is 0.192. The Morgan fingerprint density at radius 2 is 2.20 bits per heavy atom. The molecular weight excluding hydrogens is 254 g/mol. The Labute approximate surface area is 122 Å². The third-order valence-corrected chi connectivity index (χ3v) is 4.15. The molecule has 1 atom stereocenters. The Morgan fingerprint density at radius 1 is 1.55 bits per heavy atom. The van der Waals surface area contributed by atoms with Crippen molar-refractivity contribution in [2.24, 2.45) is 5.73 Å². The van der Waals surface area contributed by atoms with Crippen LogP contribution in [0.25, 0.3) is 0 Å². The number of hydrogen-bond donors (Lipinski definition) is 1. The molecule has 0 radical (unpaired) electrons. The largest absolute Gasteiger partial charge is 0.443 e. The molecule has 20 heavy (non-hydrogen) atoms. The Hall–Kier alpha value is -1.39. The number of nitrogens with two attached hydrogens (primary N) is 1. The van der Waals surface area contributed by atoms with Gasteiger partial charge < -0.3 is 20.3 Å². The lowest BCUT2D eigenvalue weighted by Crippen LogP contribution is -2.44. The number of hydrogen-bond acceptors (Lipinski definition) is 4. The molecule has 0 aliphatic carbocycles. The van der Waals surface area contributed by atoms with E-state index in [1.54, 1.807) is 6.20 Å². The smallest absolute Gasteiger partial charge is 0.410 e. The first kappa shape index (κ1) is 16.7. The van der Waals surface area contributed by atoms with Gasteiger partial charge in [0.05, 0.1) is 6.04 Å². The van der Waals surface area contributed by atoms with Gasteiger partial charge in [-0.1, -0.05) is 6.92 Å². The van der Waals surface area contributed by atoms with Gasteiger partial charge in [-0.2, -0.15) is 0 Å². The fourth-order valence-corrected chi connectivity index (χ4v) is 2.22. The molecule has 1 rings (SSSR count). The third-order valence-electron chi connectivity index (χ3n) is 4.15. The summed E-state index contributed by atoms with van der Waals surface area (Å²) < 4.78 is 5.60. The molecule has 0 saturated carbocycles. The van der Waals surface area contributed by atoms with Crippen LogP contribution in [0.5, 0.6) is 0 Å². The second-order valence-corrected chi connectivity index (χ2v) is 6.16. The first-order chi connectivity index (χ1) is 9.30. The molecular formula is C15H29N3O2. The molecule has 0 aromatic heterocycles. The maximum atomic E-state index is 12.3. The van der Waals surface area contributed by atoms with Gasteiger partial charge in [-0.25, -0.2) is 4.79 Å². The molecule has 1 unspecified atom stereocenters. The summed E-state index contributed by atoms with van der Waals surface area (Å²) in [5, 5.41) is 0. The number of rotatable bonds is 5. The molecule has 2 N–H and O–H groups in total. The van der Waals surface area contributed by atoms with Gasteiger partial charge in [0.25, 0.3) is 0 Å². The van der Waals surface area contributed by atoms with E-state index < -0.39 is 5.60 Å². The SMILES string of the molecule is CCC(C)(C)OC(=O)N1CCCC1CN(C)/C(C)=C/N. The van der Waals surface area contributed by atoms with Crippen LogP contribution in [-0.2, 0) is 4.74 Å². The molecule has 0 aromatic rings. The number of nitrogens with zero attached hydrogens (tertiary/aromatic N) is 2. The lowest BCUT2D eigenvalue weighted by Gasteiger charge is -2.32. The summed E-state index contributed by atoms with van der Waals surface area (Å²) in [6.07, 6.45) is 4.27. The highest BCUT2D eigenvalue weighted by Gasteiger charge is 2.33. The van der Waals surface area contributed by atoms with Crippen molar-refractivity contribution >= 4 is 6.09 Å². The van der Waals surface area contributed by atoms with E-state index in [-0.39, 0.29) is 12.1 Å². The van der Waals surface area contributed by atoms with E-state index in [0.717, 1.165) is 38.0 Å². The number of carbonyl (C=O) groups is 1. The maximum absolute atomic E-state index is 12.3. The van der Waals surface area contributed by atoms with E-state index in [1.807, 2.05) is 39.6 Å². The zero-order valence-electron chi connectivity index (χ0n) is 13.5. The average molecular weight is 283 g/mol. The summed E-state index contributed by atoms with van der Waals surface area (Å²) in [6.45, 7) is 9.46. The van der Waals surface area contributed by atoms with Crippen molar-refractivity contribution in [3.05, 3.63) is 11.9 Å². The topological polar surface area (TPSA) is 58.8 Å². The minimum atomic E-state index is -0.400. The minimum Gasteiger partial charge on any atom is -0.443 e. The van der Waals surface area contributed by atoms with Gasteiger partial charge in [0, 0.05) is 32.0 Å². The Morgan fingerprint density at radius 3 is 2.75 bits per heavy atom. The molecule has 116 valence electrons. The Kier molecular flexibility index (Phi) is 5.72. The molecule has 1 heterocycles. The zero-order valence-corrected chi connectivity index (χ0v) is 13.5. The highest BCUT2D eigenvalue weighted by molar-refractivity contribution is 5.69. The Balaban J connectivity index is 2.63. The van der Waals surface area contributed by atoms with Crippen LogP contribution in [0.3, 0.4) is 0 Å². The lowest BCUT2D eigenvalue weighted by molar-refractivity contribution is 0.00792. The molecule has 5 heteroatoms. The van der Waals surface area contributed by atoms with Crippen LogP contribution in [0, 0.1) is 0 Å². The lowest BCUT2D eigenvalue weighted by atomic mass is 10.1. The Bertz CT molecular complexity index is 366. The van der Waals surface area contributed by atoms with Crippen molar-refractivity contribution in [1.29, 1.82) is 0 Å². The van der Waals surface area contributed by atoms with E-state index in [9.17, 15) is 4.79 Å². The standard InChI is InChI=1S/C15H29N3O2/c1-6-15(3,4)20-14(19)18-9-7-8-13(18)11-17(5)12(2)10-16/h10,13H,6-9,11,16H2,1-5H3/b12-10+. The van der Waals surface area contributed by atoms with Crippen LogP contribution in [-0.4, -0.2) is 47.7 Å². The molecule has 1 aliphatic heterocycles.